The van der Waals surface area contributed by atoms with Gasteiger partial charge in [-0.05, 0) is 11.6 Å². The molecule has 0 saturated heterocycles. The second-order valence-electron chi connectivity index (χ2n) is 5.35. The van der Waals surface area contributed by atoms with Crippen LogP contribution >= 0.6 is 11.3 Å². The van der Waals surface area contributed by atoms with Gasteiger partial charge in [0.15, 0.2) is 0 Å². The number of carboxylic acid groups (broad SMARTS) is 1. The largest absolute Gasteiger partial charge is 0.476 e. The second-order valence-corrected chi connectivity index (χ2v) is 6.38. The number of benzene rings is 1. The Bertz CT molecular complexity index is 821. The number of rotatable bonds is 3. The Hall–Kier alpha value is -2.67. The molecular weight excluding hydrogens is 318 g/mol. The highest BCUT2D eigenvalue weighted by Gasteiger charge is 2.30. The molecule has 3 rings (SSSR count). The Kier molecular flexibility index (Phi) is 3.65. The van der Waals surface area contributed by atoms with Crippen molar-refractivity contribution in [3.63, 3.8) is 0 Å². The Morgan fingerprint density at radius 1 is 1.26 bits per heavy atom. The Morgan fingerprint density at radius 3 is 2.65 bits per heavy atom. The number of aromatic nitrogens is 1. The van der Waals surface area contributed by atoms with Crippen LogP contribution in [0.3, 0.4) is 0 Å². The van der Waals surface area contributed by atoms with Gasteiger partial charge in [-0.25, -0.2) is 14.6 Å². The van der Waals surface area contributed by atoms with E-state index in [9.17, 15) is 9.59 Å². The highest BCUT2D eigenvalue weighted by Crippen LogP contribution is 2.32. The van der Waals surface area contributed by atoms with E-state index in [4.69, 9.17) is 14.6 Å². The standard InChI is InChI=1S/C16H13NO5S/c1-16(2)21-11(7-13(18)22-16)9-4-3-5-10(6-9)12-8-17-14(23-12)15(19)20/h3-8H,1-2H3,(H,19,20). The van der Waals surface area contributed by atoms with Gasteiger partial charge in [-0.15, -0.1) is 11.3 Å². The summed E-state index contributed by atoms with van der Waals surface area (Å²) < 4.78 is 10.7. The molecule has 0 spiro atoms. The van der Waals surface area contributed by atoms with Crippen LogP contribution in [0.25, 0.3) is 16.2 Å². The first-order chi connectivity index (χ1) is 10.8. The number of nitrogens with zero attached hydrogens (tertiary/aromatic N) is 1. The van der Waals surface area contributed by atoms with Crippen molar-refractivity contribution in [2.24, 2.45) is 0 Å². The van der Waals surface area contributed by atoms with Crippen molar-refractivity contribution in [2.75, 3.05) is 0 Å². The number of hydrogen-bond acceptors (Lipinski definition) is 6. The van der Waals surface area contributed by atoms with Crippen LogP contribution < -0.4 is 0 Å². The Labute approximate surface area is 136 Å². The second kappa shape index (κ2) is 5.51. The summed E-state index contributed by atoms with van der Waals surface area (Å²) in [5.74, 6) is -2.14. The summed E-state index contributed by atoms with van der Waals surface area (Å²) in [6.45, 7) is 3.31. The zero-order valence-electron chi connectivity index (χ0n) is 12.4. The molecule has 1 aromatic heterocycles. The molecule has 1 N–H and O–H groups in total. The molecule has 0 unspecified atom stereocenters. The summed E-state index contributed by atoms with van der Waals surface area (Å²) in [5, 5.41) is 8.99. The highest BCUT2D eigenvalue weighted by atomic mass is 32.1. The minimum atomic E-state index is -1.06. The van der Waals surface area contributed by atoms with E-state index in [1.54, 1.807) is 13.8 Å². The van der Waals surface area contributed by atoms with Gasteiger partial charge in [0.1, 0.15) is 5.76 Å². The Morgan fingerprint density at radius 2 is 2.00 bits per heavy atom. The number of thiazole rings is 1. The van der Waals surface area contributed by atoms with Crippen LogP contribution in [0.1, 0.15) is 29.2 Å². The van der Waals surface area contributed by atoms with Crippen LogP contribution in [0.5, 0.6) is 0 Å². The molecule has 0 aliphatic carbocycles. The average Bonchev–Trinajstić information content (AvgIpc) is 2.95. The molecule has 23 heavy (non-hydrogen) atoms. The van der Waals surface area contributed by atoms with Gasteiger partial charge in [-0.2, -0.15) is 0 Å². The first-order valence-electron chi connectivity index (χ1n) is 6.78. The summed E-state index contributed by atoms with van der Waals surface area (Å²) in [7, 11) is 0. The fourth-order valence-corrected chi connectivity index (χ4v) is 2.92. The molecule has 118 valence electrons. The van der Waals surface area contributed by atoms with E-state index >= 15 is 0 Å². The van der Waals surface area contributed by atoms with Crippen LogP contribution in [0.2, 0.25) is 0 Å². The molecule has 0 atom stereocenters. The predicted molar refractivity (Wildman–Crippen MR) is 83.7 cm³/mol. The lowest BCUT2D eigenvalue weighted by Gasteiger charge is -2.30. The summed E-state index contributed by atoms with van der Waals surface area (Å²) in [4.78, 5) is 27.2. The normalized spacial score (nSPS) is 16.3. The van der Waals surface area contributed by atoms with E-state index in [1.165, 1.54) is 12.3 Å². The van der Waals surface area contributed by atoms with Crippen molar-refractivity contribution >= 4 is 29.0 Å². The third kappa shape index (κ3) is 3.24. The van der Waals surface area contributed by atoms with Gasteiger partial charge in [0.2, 0.25) is 10.8 Å². The SMILES string of the molecule is CC1(C)OC(=O)C=C(c2cccc(-c3cnc(C(=O)O)s3)c2)O1. The molecule has 0 bridgehead atoms. The van der Waals surface area contributed by atoms with Crippen LogP contribution in [0.4, 0.5) is 0 Å². The van der Waals surface area contributed by atoms with Crippen molar-refractivity contribution in [1.82, 2.24) is 4.98 Å². The maximum absolute atomic E-state index is 11.6. The summed E-state index contributed by atoms with van der Waals surface area (Å²) in [6, 6.07) is 7.28. The van der Waals surface area contributed by atoms with Gasteiger partial charge in [0.25, 0.3) is 0 Å². The van der Waals surface area contributed by atoms with Crippen LogP contribution in [-0.2, 0) is 14.3 Å². The zero-order valence-corrected chi connectivity index (χ0v) is 13.2. The molecule has 7 heteroatoms. The van der Waals surface area contributed by atoms with Crippen molar-refractivity contribution in [3.05, 3.63) is 47.1 Å². The lowest BCUT2D eigenvalue weighted by Crippen LogP contribution is -2.33. The fraction of sp³-hybridized carbons (Fsp3) is 0.188. The van der Waals surface area contributed by atoms with Crippen molar-refractivity contribution in [1.29, 1.82) is 0 Å². The molecule has 0 fully saturated rings. The van der Waals surface area contributed by atoms with Gasteiger partial charge >= 0.3 is 11.9 Å². The van der Waals surface area contributed by atoms with Gasteiger partial charge in [-0.1, -0.05) is 18.2 Å². The molecule has 0 saturated carbocycles. The van der Waals surface area contributed by atoms with Gasteiger partial charge in [0.05, 0.1) is 11.0 Å². The number of carbonyl (C=O) groups is 2. The number of carbonyl (C=O) groups excluding carboxylic acids is 1. The number of carboxylic acids is 1. The molecule has 1 aromatic carbocycles. The molecular formula is C16H13NO5S. The number of esters is 1. The van der Waals surface area contributed by atoms with E-state index in [0.717, 1.165) is 21.8 Å². The van der Waals surface area contributed by atoms with E-state index in [0.29, 0.717) is 11.3 Å². The summed E-state index contributed by atoms with van der Waals surface area (Å²) >= 11 is 1.09. The summed E-state index contributed by atoms with van der Waals surface area (Å²) in [6.07, 6.45) is 2.81. The number of aromatic carboxylic acids is 1. The first kappa shape index (κ1) is 15.2. The summed E-state index contributed by atoms with van der Waals surface area (Å²) in [5.41, 5.74) is 1.51. The van der Waals surface area contributed by atoms with E-state index in [2.05, 4.69) is 4.98 Å². The molecule has 6 nitrogen and oxygen atoms in total. The first-order valence-corrected chi connectivity index (χ1v) is 7.59. The van der Waals surface area contributed by atoms with Gasteiger partial charge < -0.3 is 14.6 Å². The van der Waals surface area contributed by atoms with Crippen molar-refractivity contribution in [2.45, 2.75) is 19.6 Å². The average molecular weight is 331 g/mol. The number of ether oxygens (including phenoxy) is 2. The molecule has 0 radical (unpaired) electrons. The molecule has 2 aromatic rings. The lowest BCUT2D eigenvalue weighted by atomic mass is 10.1. The minimum Gasteiger partial charge on any atom is -0.476 e. The number of hydrogen-bond donors (Lipinski definition) is 1. The van der Waals surface area contributed by atoms with Crippen LogP contribution in [0.15, 0.2) is 36.5 Å². The van der Waals surface area contributed by atoms with E-state index < -0.39 is 17.7 Å². The maximum Gasteiger partial charge on any atom is 0.365 e. The lowest BCUT2D eigenvalue weighted by molar-refractivity contribution is -0.193. The molecule has 1 aliphatic heterocycles. The minimum absolute atomic E-state index is 0.0308. The zero-order chi connectivity index (χ0) is 16.6. The Balaban J connectivity index is 1.96. The van der Waals surface area contributed by atoms with Gasteiger partial charge in [0, 0.05) is 25.6 Å². The van der Waals surface area contributed by atoms with Crippen LogP contribution in [0, 0.1) is 0 Å². The fourth-order valence-electron chi connectivity index (χ4n) is 2.17. The highest BCUT2D eigenvalue weighted by molar-refractivity contribution is 7.16. The molecule has 1 aliphatic rings. The molecule has 0 amide bonds. The maximum atomic E-state index is 11.6. The van der Waals surface area contributed by atoms with Crippen molar-refractivity contribution in [3.8, 4) is 10.4 Å². The van der Waals surface area contributed by atoms with Crippen LogP contribution in [-0.4, -0.2) is 27.8 Å². The third-order valence-corrected chi connectivity index (χ3v) is 4.11. The third-order valence-electron chi connectivity index (χ3n) is 3.07. The van der Waals surface area contributed by atoms with Gasteiger partial charge in [-0.3, -0.25) is 0 Å². The smallest absolute Gasteiger partial charge is 0.365 e. The van der Waals surface area contributed by atoms with E-state index in [-0.39, 0.29) is 5.01 Å². The van der Waals surface area contributed by atoms with Crippen molar-refractivity contribution < 1.29 is 24.2 Å². The van der Waals surface area contributed by atoms with E-state index in [1.807, 2.05) is 24.3 Å². The monoisotopic (exact) mass is 331 g/mol. The molecule has 2 heterocycles. The predicted octanol–water partition coefficient (Wildman–Crippen LogP) is 3.16. The number of cyclic esters (lactones) is 1. The quantitative estimate of drug-likeness (QED) is 0.870. The topological polar surface area (TPSA) is 85.7 Å².